The molecule has 0 unspecified atom stereocenters. The highest BCUT2D eigenvalue weighted by atomic mass is 28.4. The van der Waals surface area contributed by atoms with Crippen LogP contribution in [0, 0.1) is 0 Å². The number of carbonyl (C=O) groups is 1. The average Bonchev–Trinajstić information content (AvgIpc) is 2.20. The summed E-state index contributed by atoms with van der Waals surface area (Å²) < 4.78 is 15.0. The van der Waals surface area contributed by atoms with Gasteiger partial charge in [0.05, 0.1) is 13.3 Å². The minimum absolute atomic E-state index is 0.406. The van der Waals surface area contributed by atoms with Crippen LogP contribution < -0.4 is 5.32 Å². The maximum absolute atomic E-state index is 10.8. The number of nitrogens with one attached hydrogen (secondary N) is 1. The Bertz CT molecular complexity index is 152. The Morgan fingerprint density at radius 3 is 2.15 bits per heavy atom. The fraction of sp³-hybridized carbons (Fsp3) is 0.857. The molecule has 1 N–H and O–H groups in total. The van der Waals surface area contributed by atoms with E-state index in [0.29, 0.717) is 6.17 Å². The summed E-state index contributed by atoms with van der Waals surface area (Å²) in [5.41, 5.74) is 0. The van der Waals surface area contributed by atoms with Gasteiger partial charge in [-0.1, -0.05) is 6.92 Å². The van der Waals surface area contributed by atoms with Gasteiger partial charge in [-0.25, -0.2) is 4.79 Å². The maximum atomic E-state index is 10.8. The molecule has 78 valence electrons. The molecule has 0 radical (unpaired) electrons. The van der Waals surface area contributed by atoms with Crippen molar-refractivity contribution >= 4 is 14.7 Å². The summed E-state index contributed by atoms with van der Waals surface area (Å²) in [5, 5.41) is 2.58. The van der Waals surface area contributed by atoms with E-state index in [0.717, 1.165) is 6.04 Å². The van der Waals surface area contributed by atoms with E-state index in [9.17, 15) is 4.79 Å². The zero-order chi connectivity index (χ0) is 10.3. The molecule has 1 amide bonds. The molecule has 5 nitrogen and oxygen atoms in total. The highest BCUT2D eigenvalue weighted by molar-refractivity contribution is 6.67. The van der Waals surface area contributed by atoms with Crippen molar-refractivity contribution in [1.29, 1.82) is 0 Å². The van der Waals surface area contributed by atoms with Crippen molar-refractivity contribution in [3.63, 3.8) is 0 Å². The Balaban J connectivity index is 4.02. The summed E-state index contributed by atoms with van der Waals surface area (Å²) in [6, 6.07) is 0.782. The van der Waals surface area contributed by atoms with Crippen molar-refractivity contribution < 1.29 is 18.4 Å². The standard InChI is InChI=1S/C7H17NO4Si/c1-5-13(11-3,12-4)6-8-7(9)10-2/h5-6H2,1-4H3,(H,8,9). The topological polar surface area (TPSA) is 56.8 Å². The van der Waals surface area contributed by atoms with Crippen molar-refractivity contribution in [3.8, 4) is 0 Å². The van der Waals surface area contributed by atoms with E-state index in [4.69, 9.17) is 8.85 Å². The van der Waals surface area contributed by atoms with Crippen LogP contribution in [0.3, 0.4) is 0 Å². The molecule has 0 atom stereocenters. The number of carbonyl (C=O) groups excluding carboxylic acids is 1. The fourth-order valence-corrected chi connectivity index (χ4v) is 2.62. The van der Waals surface area contributed by atoms with Crippen molar-refractivity contribution in [3.05, 3.63) is 0 Å². The van der Waals surface area contributed by atoms with Crippen LogP contribution >= 0.6 is 0 Å². The minimum atomic E-state index is -2.21. The number of alkyl carbamates (subject to hydrolysis) is 1. The lowest BCUT2D eigenvalue weighted by molar-refractivity contribution is 0.169. The first-order chi connectivity index (χ1) is 6.14. The van der Waals surface area contributed by atoms with E-state index in [1.807, 2.05) is 6.92 Å². The molecule has 0 aromatic rings. The smallest absolute Gasteiger partial charge is 0.406 e. The highest BCUT2D eigenvalue weighted by Gasteiger charge is 2.33. The number of rotatable bonds is 5. The van der Waals surface area contributed by atoms with Gasteiger partial charge < -0.3 is 18.9 Å². The largest absolute Gasteiger partial charge is 0.453 e. The molecule has 0 rings (SSSR count). The highest BCUT2D eigenvalue weighted by Crippen LogP contribution is 2.09. The second-order valence-corrected chi connectivity index (χ2v) is 6.22. The number of ether oxygens (including phenoxy) is 1. The molecular weight excluding hydrogens is 190 g/mol. The van der Waals surface area contributed by atoms with Crippen LogP contribution in [0.25, 0.3) is 0 Å². The maximum Gasteiger partial charge on any atom is 0.406 e. The van der Waals surface area contributed by atoms with E-state index in [2.05, 4.69) is 10.1 Å². The number of hydrogen-bond acceptors (Lipinski definition) is 4. The molecule has 0 aliphatic rings. The lowest BCUT2D eigenvalue weighted by Gasteiger charge is -2.25. The number of amides is 1. The zero-order valence-electron chi connectivity index (χ0n) is 8.55. The molecule has 0 heterocycles. The Kier molecular flexibility index (Phi) is 5.68. The van der Waals surface area contributed by atoms with E-state index in [-0.39, 0.29) is 0 Å². The third-order valence-electron chi connectivity index (χ3n) is 1.97. The van der Waals surface area contributed by atoms with Crippen LogP contribution in [0.2, 0.25) is 6.04 Å². The predicted molar refractivity (Wildman–Crippen MR) is 50.7 cm³/mol. The molecule has 0 spiro atoms. The van der Waals surface area contributed by atoms with E-state index in [1.54, 1.807) is 14.2 Å². The number of methoxy groups -OCH3 is 1. The molecular formula is C7H17NO4Si. The predicted octanol–water partition coefficient (Wildman–Crippen LogP) is 0.636. The lowest BCUT2D eigenvalue weighted by atomic mass is 11.0. The Labute approximate surface area is 79.6 Å². The van der Waals surface area contributed by atoms with Gasteiger partial charge >= 0.3 is 14.7 Å². The summed E-state index contributed by atoms with van der Waals surface area (Å²) in [4.78, 5) is 10.8. The van der Waals surface area contributed by atoms with Crippen molar-refractivity contribution in [1.82, 2.24) is 5.32 Å². The van der Waals surface area contributed by atoms with Gasteiger partial charge in [-0.2, -0.15) is 0 Å². The summed E-state index contributed by atoms with van der Waals surface area (Å²) in [6.45, 7) is 1.97. The third kappa shape index (κ3) is 3.75. The Morgan fingerprint density at radius 1 is 1.31 bits per heavy atom. The van der Waals surface area contributed by atoms with Crippen LogP contribution in [-0.4, -0.2) is 42.2 Å². The first-order valence-electron chi connectivity index (χ1n) is 4.06. The van der Waals surface area contributed by atoms with Crippen molar-refractivity contribution in [2.75, 3.05) is 27.5 Å². The van der Waals surface area contributed by atoms with Gasteiger partial charge in [0.2, 0.25) is 0 Å². The summed E-state index contributed by atoms with van der Waals surface area (Å²) in [6.07, 6.45) is -0.0529. The molecule has 0 aromatic carbocycles. The second kappa shape index (κ2) is 5.95. The molecule has 0 saturated carbocycles. The molecule has 0 aliphatic heterocycles. The van der Waals surface area contributed by atoms with E-state index in [1.165, 1.54) is 7.11 Å². The van der Waals surface area contributed by atoms with Gasteiger partial charge in [-0.05, 0) is 6.04 Å². The summed E-state index contributed by atoms with van der Waals surface area (Å²) in [5.74, 6) is 0. The van der Waals surface area contributed by atoms with Gasteiger partial charge in [-0.3, -0.25) is 0 Å². The molecule has 6 heteroatoms. The Hall–Kier alpha value is -0.593. The fourth-order valence-electron chi connectivity index (χ4n) is 0.920. The Morgan fingerprint density at radius 2 is 1.85 bits per heavy atom. The van der Waals surface area contributed by atoms with Crippen LogP contribution in [0.1, 0.15) is 6.92 Å². The normalized spacial score (nSPS) is 11.1. The molecule has 0 bridgehead atoms. The molecule has 0 aromatic heterocycles. The average molecular weight is 207 g/mol. The monoisotopic (exact) mass is 207 g/mol. The summed E-state index contributed by atoms with van der Waals surface area (Å²) >= 11 is 0. The molecule has 0 saturated heterocycles. The van der Waals surface area contributed by atoms with Gasteiger partial charge in [0, 0.05) is 14.2 Å². The van der Waals surface area contributed by atoms with Crippen LogP contribution in [0.4, 0.5) is 4.79 Å². The lowest BCUT2D eigenvalue weighted by Crippen LogP contribution is -2.50. The van der Waals surface area contributed by atoms with Crippen molar-refractivity contribution in [2.45, 2.75) is 13.0 Å². The molecule has 13 heavy (non-hydrogen) atoms. The van der Waals surface area contributed by atoms with Gasteiger partial charge in [-0.15, -0.1) is 0 Å². The molecule has 0 aliphatic carbocycles. The van der Waals surface area contributed by atoms with Crippen LogP contribution in [0.15, 0.2) is 0 Å². The first-order valence-corrected chi connectivity index (χ1v) is 6.29. The first kappa shape index (κ1) is 12.4. The molecule has 0 fully saturated rings. The van der Waals surface area contributed by atoms with E-state index < -0.39 is 14.7 Å². The second-order valence-electron chi connectivity index (χ2n) is 2.52. The quantitative estimate of drug-likeness (QED) is 0.672. The van der Waals surface area contributed by atoms with Gasteiger partial charge in [0.25, 0.3) is 0 Å². The van der Waals surface area contributed by atoms with Crippen molar-refractivity contribution in [2.24, 2.45) is 0 Å². The number of hydrogen-bond donors (Lipinski definition) is 1. The zero-order valence-corrected chi connectivity index (χ0v) is 9.55. The summed E-state index contributed by atoms with van der Waals surface area (Å²) in [7, 11) is 2.31. The van der Waals surface area contributed by atoms with Gasteiger partial charge in [0.1, 0.15) is 0 Å². The van der Waals surface area contributed by atoms with E-state index >= 15 is 0 Å². The minimum Gasteiger partial charge on any atom is -0.453 e. The third-order valence-corrected chi connectivity index (χ3v) is 5.25. The SMILES string of the molecule is CC[Si](CNC(=O)OC)(OC)OC. The van der Waals surface area contributed by atoms with Gasteiger partial charge in [0.15, 0.2) is 0 Å². The van der Waals surface area contributed by atoms with Crippen LogP contribution in [0.5, 0.6) is 0 Å². The van der Waals surface area contributed by atoms with Crippen LogP contribution in [-0.2, 0) is 13.6 Å².